The van der Waals surface area contributed by atoms with Gasteiger partial charge >= 0.3 is 0 Å². The van der Waals surface area contributed by atoms with E-state index >= 15 is 0 Å². The van der Waals surface area contributed by atoms with Gasteiger partial charge in [-0.15, -0.1) is 0 Å². The standard InChI is InChI=1S/C13H15N3O2/c14-10-8-15-5-4-11(10)16-6-3-9-1-2-12(17)13(18)7-9/h1-2,4-5,7-8,17-18H,3,6,14H2,(H,15,16). The van der Waals surface area contributed by atoms with Crippen LogP contribution in [0, 0.1) is 0 Å². The molecule has 1 aromatic heterocycles. The van der Waals surface area contributed by atoms with Crippen LogP contribution >= 0.6 is 0 Å². The second-order valence-electron chi connectivity index (χ2n) is 3.96. The van der Waals surface area contributed by atoms with Crippen molar-refractivity contribution in [2.75, 3.05) is 17.6 Å². The topological polar surface area (TPSA) is 91.4 Å². The second kappa shape index (κ2) is 5.27. The number of rotatable bonds is 4. The largest absolute Gasteiger partial charge is 0.504 e. The Kier molecular flexibility index (Phi) is 3.52. The number of hydrogen-bond donors (Lipinski definition) is 4. The van der Waals surface area contributed by atoms with Gasteiger partial charge in [-0.25, -0.2) is 0 Å². The van der Waals surface area contributed by atoms with Crippen LogP contribution in [0.3, 0.4) is 0 Å². The highest BCUT2D eigenvalue weighted by atomic mass is 16.3. The molecule has 1 aromatic carbocycles. The van der Waals surface area contributed by atoms with Crippen molar-refractivity contribution >= 4 is 11.4 Å². The molecule has 0 aliphatic carbocycles. The highest BCUT2D eigenvalue weighted by Gasteiger charge is 2.01. The molecule has 5 nitrogen and oxygen atoms in total. The number of nitrogens with one attached hydrogen (secondary N) is 1. The monoisotopic (exact) mass is 245 g/mol. The molecule has 1 heterocycles. The molecule has 94 valence electrons. The zero-order valence-electron chi connectivity index (χ0n) is 9.80. The van der Waals surface area contributed by atoms with Crippen molar-refractivity contribution in [1.82, 2.24) is 4.98 Å². The van der Waals surface area contributed by atoms with Gasteiger partial charge in [0.05, 0.1) is 17.6 Å². The molecule has 0 radical (unpaired) electrons. The van der Waals surface area contributed by atoms with E-state index in [2.05, 4.69) is 10.3 Å². The predicted molar refractivity (Wildman–Crippen MR) is 70.6 cm³/mol. The second-order valence-corrected chi connectivity index (χ2v) is 3.96. The van der Waals surface area contributed by atoms with Gasteiger partial charge in [-0.1, -0.05) is 6.07 Å². The number of nitrogens with two attached hydrogens (primary N) is 1. The van der Waals surface area contributed by atoms with Crippen LogP contribution in [-0.2, 0) is 6.42 Å². The summed E-state index contributed by atoms with van der Waals surface area (Å²) in [4.78, 5) is 3.91. The highest BCUT2D eigenvalue weighted by Crippen LogP contribution is 2.25. The molecular weight excluding hydrogens is 230 g/mol. The van der Waals surface area contributed by atoms with E-state index < -0.39 is 0 Å². The summed E-state index contributed by atoms with van der Waals surface area (Å²) in [5.41, 5.74) is 8.13. The summed E-state index contributed by atoms with van der Waals surface area (Å²) in [5, 5.41) is 21.7. The van der Waals surface area contributed by atoms with Crippen molar-refractivity contribution in [2.24, 2.45) is 0 Å². The predicted octanol–water partition coefficient (Wildman–Crippen LogP) is 1.73. The lowest BCUT2D eigenvalue weighted by Crippen LogP contribution is -2.06. The molecule has 2 aromatic rings. The van der Waals surface area contributed by atoms with Crippen molar-refractivity contribution in [3.05, 3.63) is 42.2 Å². The number of aromatic nitrogens is 1. The van der Waals surface area contributed by atoms with E-state index in [4.69, 9.17) is 5.73 Å². The summed E-state index contributed by atoms with van der Waals surface area (Å²) in [7, 11) is 0. The first kappa shape index (κ1) is 12.0. The minimum Gasteiger partial charge on any atom is -0.504 e. The average Bonchev–Trinajstić information content (AvgIpc) is 2.36. The Hall–Kier alpha value is -2.43. The first-order valence-corrected chi connectivity index (χ1v) is 5.61. The Balaban J connectivity index is 1.92. The van der Waals surface area contributed by atoms with Crippen LogP contribution in [0.2, 0.25) is 0 Å². The van der Waals surface area contributed by atoms with Crippen LogP contribution in [0.1, 0.15) is 5.56 Å². The molecule has 5 N–H and O–H groups in total. The summed E-state index contributed by atoms with van der Waals surface area (Å²) < 4.78 is 0. The number of nitrogen functional groups attached to an aromatic ring is 1. The van der Waals surface area contributed by atoms with Crippen molar-refractivity contribution < 1.29 is 10.2 Å². The molecule has 0 fully saturated rings. The van der Waals surface area contributed by atoms with E-state index in [-0.39, 0.29) is 11.5 Å². The molecule has 0 amide bonds. The van der Waals surface area contributed by atoms with Gasteiger partial charge < -0.3 is 21.3 Å². The Morgan fingerprint density at radius 2 is 2.00 bits per heavy atom. The average molecular weight is 245 g/mol. The van der Waals surface area contributed by atoms with Crippen LogP contribution in [0.4, 0.5) is 11.4 Å². The lowest BCUT2D eigenvalue weighted by molar-refractivity contribution is 0.403. The Bertz CT molecular complexity index is 544. The zero-order chi connectivity index (χ0) is 13.0. The summed E-state index contributed by atoms with van der Waals surface area (Å²) in [6.07, 6.45) is 3.98. The smallest absolute Gasteiger partial charge is 0.157 e. The molecule has 0 saturated carbocycles. The van der Waals surface area contributed by atoms with E-state index in [9.17, 15) is 10.2 Å². The fourth-order valence-electron chi connectivity index (χ4n) is 1.63. The normalized spacial score (nSPS) is 10.2. The van der Waals surface area contributed by atoms with E-state index in [1.54, 1.807) is 24.5 Å². The summed E-state index contributed by atoms with van der Waals surface area (Å²) in [6, 6.07) is 6.61. The van der Waals surface area contributed by atoms with Gasteiger partial charge in [-0.05, 0) is 30.2 Å². The molecule has 0 saturated heterocycles. The third-order valence-electron chi connectivity index (χ3n) is 2.62. The minimum absolute atomic E-state index is 0.101. The van der Waals surface area contributed by atoms with Gasteiger partial charge in [0.15, 0.2) is 11.5 Å². The number of phenols is 2. The van der Waals surface area contributed by atoms with Gasteiger partial charge in [-0.2, -0.15) is 0 Å². The number of aromatic hydroxyl groups is 2. The Labute approximate surface area is 105 Å². The summed E-state index contributed by atoms with van der Waals surface area (Å²) in [6.45, 7) is 0.679. The zero-order valence-corrected chi connectivity index (χ0v) is 9.80. The molecule has 0 atom stereocenters. The van der Waals surface area contributed by atoms with E-state index in [0.29, 0.717) is 12.2 Å². The SMILES string of the molecule is Nc1cnccc1NCCc1ccc(O)c(O)c1. The first-order chi connectivity index (χ1) is 8.66. The van der Waals surface area contributed by atoms with Crippen LogP contribution in [0.25, 0.3) is 0 Å². The Morgan fingerprint density at radius 1 is 1.17 bits per heavy atom. The van der Waals surface area contributed by atoms with Crippen LogP contribution in [0.15, 0.2) is 36.7 Å². The fraction of sp³-hybridized carbons (Fsp3) is 0.154. The molecule has 18 heavy (non-hydrogen) atoms. The molecule has 0 unspecified atom stereocenters. The van der Waals surface area contributed by atoms with Crippen molar-refractivity contribution in [3.8, 4) is 11.5 Å². The quantitative estimate of drug-likeness (QED) is 0.616. The van der Waals surface area contributed by atoms with Gasteiger partial charge in [0.1, 0.15) is 0 Å². The van der Waals surface area contributed by atoms with Crippen molar-refractivity contribution in [1.29, 1.82) is 0 Å². The molecular formula is C13H15N3O2. The summed E-state index contributed by atoms with van der Waals surface area (Å²) >= 11 is 0. The maximum atomic E-state index is 9.36. The van der Waals surface area contributed by atoms with Crippen LogP contribution in [-0.4, -0.2) is 21.7 Å². The van der Waals surface area contributed by atoms with E-state index in [1.807, 2.05) is 6.07 Å². The molecule has 0 spiro atoms. The van der Waals surface area contributed by atoms with Crippen LogP contribution in [0.5, 0.6) is 11.5 Å². The van der Waals surface area contributed by atoms with Crippen LogP contribution < -0.4 is 11.1 Å². The maximum absolute atomic E-state index is 9.36. The molecule has 0 bridgehead atoms. The van der Waals surface area contributed by atoms with Gasteiger partial charge in [-0.3, -0.25) is 4.98 Å². The number of nitrogens with zero attached hydrogens (tertiary/aromatic N) is 1. The molecule has 0 aliphatic rings. The minimum atomic E-state index is -0.106. The number of benzene rings is 1. The Morgan fingerprint density at radius 3 is 2.72 bits per heavy atom. The number of phenolic OH excluding ortho intramolecular Hbond substituents is 2. The summed E-state index contributed by atoms with van der Waals surface area (Å²) in [5.74, 6) is -0.207. The highest BCUT2D eigenvalue weighted by molar-refractivity contribution is 5.64. The molecule has 5 heteroatoms. The fourth-order valence-corrected chi connectivity index (χ4v) is 1.63. The lowest BCUT2D eigenvalue weighted by Gasteiger charge is -2.09. The van der Waals surface area contributed by atoms with Crippen molar-refractivity contribution in [2.45, 2.75) is 6.42 Å². The third-order valence-corrected chi connectivity index (χ3v) is 2.62. The third kappa shape index (κ3) is 2.82. The maximum Gasteiger partial charge on any atom is 0.157 e. The lowest BCUT2D eigenvalue weighted by atomic mass is 10.1. The van der Waals surface area contributed by atoms with Crippen molar-refractivity contribution in [3.63, 3.8) is 0 Å². The number of pyridine rings is 1. The molecule has 2 rings (SSSR count). The van der Waals surface area contributed by atoms with E-state index in [0.717, 1.165) is 17.7 Å². The number of hydrogen-bond acceptors (Lipinski definition) is 5. The number of anilines is 2. The van der Waals surface area contributed by atoms with Gasteiger partial charge in [0.25, 0.3) is 0 Å². The van der Waals surface area contributed by atoms with Gasteiger partial charge in [0.2, 0.25) is 0 Å². The first-order valence-electron chi connectivity index (χ1n) is 5.61. The van der Waals surface area contributed by atoms with E-state index in [1.165, 1.54) is 6.07 Å². The molecule has 0 aliphatic heterocycles. The van der Waals surface area contributed by atoms with Gasteiger partial charge in [0, 0.05) is 12.7 Å².